The molecule has 12 nitrogen and oxygen atoms in total. The maximum Gasteiger partial charge on any atom is 0.328 e. The van der Waals surface area contributed by atoms with Crippen molar-refractivity contribution in [2.75, 3.05) is 13.7 Å². The molecule has 0 fully saturated rings. The van der Waals surface area contributed by atoms with E-state index in [0.29, 0.717) is 0 Å². The second-order valence-corrected chi connectivity index (χ2v) is 4.68. The summed E-state index contributed by atoms with van der Waals surface area (Å²) in [7, 11) is 1.61. The zero-order valence-electron chi connectivity index (χ0n) is 15.2. The van der Waals surface area contributed by atoms with Crippen LogP contribution >= 0.6 is 0 Å². The van der Waals surface area contributed by atoms with Gasteiger partial charge in [-0.25, -0.2) is 9.59 Å². The van der Waals surface area contributed by atoms with E-state index < -0.39 is 30.2 Å². The zero-order valence-corrected chi connectivity index (χ0v) is 15.2. The molecule has 1 heterocycles. The summed E-state index contributed by atoms with van der Waals surface area (Å²) in [6.07, 6.45) is 7.50. The third-order valence-corrected chi connectivity index (χ3v) is 2.75. The molecule has 1 aromatic heterocycles. The summed E-state index contributed by atoms with van der Waals surface area (Å²) in [5.74, 6) is -1.11. The van der Waals surface area contributed by atoms with Gasteiger partial charge in [0.25, 0.3) is 0 Å². The number of carboxylic acid groups (broad SMARTS) is 1. The number of nitrogens with zero attached hydrogens (tertiary/aromatic N) is 2. The number of hydrogen-bond donors (Lipinski definition) is 6. The lowest BCUT2D eigenvalue weighted by molar-refractivity contribution is -0.141. The van der Waals surface area contributed by atoms with E-state index in [-0.39, 0.29) is 24.9 Å². The SMILES string of the molecule is C#C.CC=O.CN[C@@H](CO)c1nnc(CNC(=O)NC(C(=O)O)C(C)O)o1. The summed E-state index contributed by atoms with van der Waals surface area (Å²) in [5, 5.41) is 41.7. The molecule has 27 heavy (non-hydrogen) atoms. The molecule has 2 amide bonds. The smallest absolute Gasteiger partial charge is 0.328 e. The molecule has 0 radical (unpaired) electrons. The largest absolute Gasteiger partial charge is 0.480 e. The molecule has 12 heteroatoms. The number of carboxylic acids is 1. The van der Waals surface area contributed by atoms with Gasteiger partial charge in [0.1, 0.15) is 12.3 Å². The number of aliphatic hydroxyl groups is 2. The number of aldehydes is 1. The van der Waals surface area contributed by atoms with Gasteiger partial charge in [-0.3, -0.25) is 0 Å². The molecule has 1 rings (SSSR count). The average molecular weight is 387 g/mol. The predicted octanol–water partition coefficient (Wildman–Crippen LogP) is -1.59. The van der Waals surface area contributed by atoms with E-state index in [1.807, 2.05) is 0 Å². The summed E-state index contributed by atoms with van der Waals surface area (Å²) >= 11 is 0. The average Bonchev–Trinajstić information content (AvgIpc) is 3.09. The molecule has 0 spiro atoms. The van der Waals surface area contributed by atoms with Gasteiger partial charge in [-0.15, -0.1) is 23.0 Å². The minimum absolute atomic E-state index is 0.0859. The second-order valence-electron chi connectivity index (χ2n) is 4.68. The van der Waals surface area contributed by atoms with Crippen molar-refractivity contribution in [2.45, 2.75) is 38.6 Å². The quantitative estimate of drug-likeness (QED) is 0.224. The van der Waals surface area contributed by atoms with Crippen molar-refractivity contribution in [3.63, 3.8) is 0 Å². The topological polar surface area (TPSA) is 187 Å². The van der Waals surface area contributed by atoms with Crippen molar-refractivity contribution in [3.05, 3.63) is 11.8 Å². The van der Waals surface area contributed by atoms with Crippen molar-refractivity contribution < 1.29 is 34.1 Å². The molecular weight excluding hydrogens is 362 g/mol. The zero-order chi connectivity index (χ0) is 21.4. The first-order chi connectivity index (χ1) is 12.8. The standard InChI is InChI=1S/C11H19N5O6.C2H4O.C2H2/c1-5(18)8(10(19)20)14-11(21)13-3-7-15-16-9(22-7)6(4-17)12-2;1-2-3;1-2/h5-6,8,12,17-18H,3-4H2,1-2H3,(H,19,20)(H2,13,14,21);2H,1H3;1-2H/t5?,6-,8?;;/m0../s1. The highest BCUT2D eigenvalue weighted by atomic mass is 16.4. The monoisotopic (exact) mass is 387 g/mol. The molecule has 0 saturated heterocycles. The maximum atomic E-state index is 11.5. The number of urea groups is 1. The number of terminal acetylenes is 1. The maximum absolute atomic E-state index is 11.5. The van der Waals surface area contributed by atoms with Crippen molar-refractivity contribution in [1.29, 1.82) is 0 Å². The normalized spacial score (nSPS) is 12.7. The van der Waals surface area contributed by atoms with Crippen molar-refractivity contribution in [1.82, 2.24) is 26.1 Å². The minimum atomic E-state index is -1.43. The molecule has 0 bridgehead atoms. The van der Waals surface area contributed by atoms with E-state index in [0.717, 1.165) is 6.29 Å². The van der Waals surface area contributed by atoms with Gasteiger partial charge in [0.15, 0.2) is 6.04 Å². The minimum Gasteiger partial charge on any atom is -0.480 e. The number of likely N-dealkylation sites (N-methyl/N-ethyl adjacent to an activating group) is 1. The van der Waals surface area contributed by atoms with E-state index in [1.165, 1.54) is 13.8 Å². The Hall–Kier alpha value is -3.01. The van der Waals surface area contributed by atoms with Crippen LogP contribution in [0.1, 0.15) is 31.7 Å². The van der Waals surface area contributed by atoms with Gasteiger partial charge in [0.05, 0.1) is 19.3 Å². The van der Waals surface area contributed by atoms with E-state index in [2.05, 4.69) is 39.0 Å². The van der Waals surface area contributed by atoms with Gasteiger partial charge < -0.3 is 40.5 Å². The molecule has 0 saturated carbocycles. The predicted molar refractivity (Wildman–Crippen MR) is 93.3 cm³/mol. The lowest BCUT2D eigenvalue weighted by Crippen LogP contribution is -2.51. The third-order valence-electron chi connectivity index (χ3n) is 2.75. The molecule has 1 aromatic rings. The molecule has 0 aliphatic heterocycles. The number of hydrogen-bond acceptors (Lipinski definition) is 9. The summed E-state index contributed by atoms with van der Waals surface area (Å²) in [6, 6.07) is -2.75. The Labute approximate surface area is 156 Å². The van der Waals surface area contributed by atoms with Crippen LogP contribution in [-0.2, 0) is 16.1 Å². The molecule has 2 unspecified atom stereocenters. The fourth-order valence-corrected chi connectivity index (χ4v) is 1.51. The van der Waals surface area contributed by atoms with Crippen LogP contribution in [0.4, 0.5) is 4.79 Å². The van der Waals surface area contributed by atoms with E-state index in [4.69, 9.17) is 19.4 Å². The number of nitrogens with one attached hydrogen (secondary N) is 3. The fourth-order valence-electron chi connectivity index (χ4n) is 1.51. The van der Waals surface area contributed by atoms with Crippen molar-refractivity contribution >= 4 is 18.3 Å². The molecule has 6 N–H and O–H groups in total. The molecule has 0 aromatic carbocycles. The molecular formula is C15H25N5O7. The number of amides is 2. The highest BCUT2D eigenvalue weighted by molar-refractivity contribution is 5.82. The number of carbonyl (C=O) groups is 3. The summed E-state index contributed by atoms with van der Waals surface area (Å²) < 4.78 is 5.22. The molecule has 3 atom stereocenters. The van der Waals surface area contributed by atoms with Gasteiger partial charge in [-0.2, -0.15) is 0 Å². The van der Waals surface area contributed by atoms with Gasteiger partial charge in [0, 0.05) is 0 Å². The Balaban J connectivity index is 0. The van der Waals surface area contributed by atoms with Gasteiger partial charge in [-0.05, 0) is 20.9 Å². The highest BCUT2D eigenvalue weighted by Gasteiger charge is 2.25. The van der Waals surface area contributed by atoms with Crippen LogP contribution in [0.25, 0.3) is 0 Å². The Kier molecular flexibility index (Phi) is 14.8. The van der Waals surface area contributed by atoms with Crippen molar-refractivity contribution in [3.8, 4) is 12.8 Å². The van der Waals surface area contributed by atoms with Crippen LogP contribution in [0.15, 0.2) is 4.42 Å². The summed E-state index contributed by atoms with van der Waals surface area (Å²) in [5.41, 5.74) is 0. The van der Waals surface area contributed by atoms with Gasteiger partial charge in [-0.1, -0.05) is 0 Å². The number of aliphatic hydroxyl groups excluding tert-OH is 2. The second kappa shape index (κ2) is 15.3. The van der Waals surface area contributed by atoms with Crippen LogP contribution in [0, 0.1) is 12.8 Å². The van der Waals surface area contributed by atoms with Crippen LogP contribution < -0.4 is 16.0 Å². The highest BCUT2D eigenvalue weighted by Crippen LogP contribution is 2.09. The lowest BCUT2D eigenvalue weighted by Gasteiger charge is -2.16. The number of carbonyl (C=O) groups excluding carboxylic acids is 2. The fraction of sp³-hybridized carbons (Fsp3) is 0.533. The van der Waals surface area contributed by atoms with Crippen molar-refractivity contribution in [2.24, 2.45) is 0 Å². The Morgan fingerprint density at radius 1 is 1.33 bits per heavy atom. The molecule has 152 valence electrons. The van der Waals surface area contributed by atoms with E-state index in [1.54, 1.807) is 7.05 Å². The lowest BCUT2D eigenvalue weighted by atomic mass is 10.2. The van der Waals surface area contributed by atoms with Crippen LogP contribution in [-0.4, -0.2) is 69.6 Å². The summed E-state index contributed by atoms with van der Waals surface area (Å²) in [6.45, 7) is 2.32. The number of aromatic nitrogens is 2. The van der Waals surface area contributed by atoms with E-state index in [9.17, 15) is 14.7 Å². The first kappa shape index (κ1) is 26.2. The van der Waals surface area contributed by atoms with Crippen LogP contribution in [0.2, 0.25) is 0 Å². The number of rotatable bonds is 8. The number of aliphatic carboxylic acids is 1. The van der Waals surface area contributed by atoms with Crippen LogP contribution in [0.5, 0.6) is 0 Å². The first-order valence-electron chi connectivity index (χ1n) is 7.59. The van der Waals surface area contributed by atoms with Gasteiger partial charge in [0.2, 0.25) is 11.8 Å². The molecule has 0 aliphatic carbocycles. The first-order valence-corrected chi connectivity index (χ1v) is 7.59. The van der Waals surface area contributed by atoms with Gasteiger partial charge >= 0.3 is 12.0 Å². The Bertz CT molecular complexity index is 584. The Morgan fingerprint density at radius 2 is 1.89 bits per heavy atom. The van der Waals surface area contributed by atoms with Crippen LogP contribution in [0.3, 0.4) is 0 Å². The van der Waals surface area contributed by atoms with E-state index >= 15 is 0 Å². The molecule has 0 aliphatic rings. The Morgan fingerprint density at radius 3 is 2.30 bits per heavy atom. The third kappa shape index (κ3) is 10.5. The summed E-state index contributed by atoms with van der Waals surface area (Å²) in [4.78, 5) is 31.2.